The van der Waals surface area contributed by atoms with Crippen molar-refractivity contribution in [3.05, 3.63) is 11.6 Å². The van der Waals surface area contributed by atoms with E-state index >= 15 is 0 Å². The summed E-state index contributed by atoms with van der Waals surface area (Å²) in [4.78, 5) is 0. The van der Waals surface area contributed by atoms with Crippen LogP contribution in [0.5, 0.6) is 0 Å². The van der Waals surface area contributed by atoms with E-state index in [0.29, 0.717) is 5.41 Å². The van der Waals surface area contributed by atoms with Gasteiger partial charge in [0.1, 0.15) is 0 Å². The van der Waals surface area contributed by atoms with Crippen molar-refractivity contribution >= 4 is 0 Å². The Kier molecular flexibility index (Phi) is 3.24. The second kappa shape index (κ2) is 4.45. The Morgan fingerprint density at radius 3 is 2.64 bits per heavy atom. The maximum absolute atomic E-state index is 6.00. The summed E-state index contributed by atoms with van der Waals surface area (Å²) in [6.07, 6.45) is 10.3. The number of nitrogens with one attached hydrogen (secondary N) is 1. The largest absolute Gasteiger partial charge is 0.330 e. The standard InChI is InChI=1S/C12H22N2/c13-10-12(6-8-14-9-7-12)11-4-2-1-3-5-11/h4,14H,1-3,5-10,13H2. The van der Waals surface area contributed by atoms with Crippen molar-refractivity contribution in [1.82, 2.24) is 5.32 Å². The number of nitrogens with two attached hydrogens (primary N) is 1. The van der Waals surface area contributed by atoms with Crippen LogP contribution in [-0.2, 0) is 0 Å². The van der Waals surface area contributed by atoms with Gasteiger partial charge in [0.2, 0.25) is 0 Å². The molecule has 1 saturated heterocycles. The summed E-state index contributed by atoms with van der Waals surface area (Å²) in [6, 6.07) is 0. The lowest BCUT2D eigenvalue weighted by Crippen LogP contribution is -2.43. The molecule has 3 N–H and O–H groups in total. The molecule has 0 aromatic carbocycles. The van der Waals surface area contributed by atoms with Crippen molar-refractivity contribution in [1.29, 1.82) is 0 Å². The zero-order valence-electron chi connectivity index (χ0n) is 9.02. The molecule has 2 rings (SSSR count). The second-order valence-corrected chi connectivity index (χ2v) is 4.71. The van der Waals surface area contributed by atoms with E-state index in [2.05, 4.69) is 11.4 Å². The molecule has 0 radical (unpaired) electrons. The van der Waals surface area contributed by atoms with Crippen LogP contribution in [-0.4, -0.2) is 19.6 Å². The van der Waals surface area contributed by atoms with Crippen LogP contribution in [0, 0.1) is 5.41 Å². The first-order chi connectivity index (χ1) is 6.87. The van der Waals surface area contributed by atoms with Gasteiger partial charge < -0.3 is 11.1 Å². The normalized spacial score (nSPS) is 27.1. The molecule has 14 heavy (non-hydrogen) atoms. The van der Waals surface area contributed by atoms with Crippen LogP contribution in [0.25, 0.3) is 0 Å². The molecule has 0 aromatic heterocycles. The third kappa shape index (κ3) is 1.86. The van der Waals surface area contributed by atoms with Gasteiger partial charge in [-0.3, -0.25) is 0 Å². The van der Waals surface area contributed by atoms with Crippen molar-refractivity contribution in [3.8, 4) is 0 Å². The van der Waals surface area contributed by atoms with Gasteiger partial charge in [0, 0.05) is 12.0 Å². The molecule has 1 fully saturated rings. The zero-order chi connectivity index (χ0) is 9.86. The first-order valence-corrected chi connectivity index (χ1v) is 5.98. The average molecular weight is 194 g/mol. The minimum Gasteiger partial charge on any atom is -0.330 e. The van der Waals surface area contributed by atoms with E-state index in [1.807, 2.05) is 0 Å². The summed E-state index contributed by atoms with van der Waals surface area (Å²) in [6.45, 7) is 3.14. The molecule has 1 heterocycles. The summed E-state index contributed by atoms with van der Waals surface area (Å²) in [5, 5.41) is 3.43. The lowest BCUT2D eigenvalue weighted by Gasteiger charge is -2.40. The molecule has 0 aromatic rings. The van der Waals surface area contributed by atoms with Crippen LogP contribution in [0.3, 0.4) is 0 Å². The molecule has 0 unspecified atom stereocenters. The Hall–Kier alpha value is -0.340. The number of hydrogen-bond donors (Lipinski definition) is 2. The van der Waals surface area contributed by atoms with E-state index in [1.54, 1.807) is 5.57 Å². The Bertz CT molecular complexity index is 214. The molecule has 1 aliphatic heterocycles. The third-order valence-electron chi connectivity index (χ3n) is 3.92. The minimum absolute atomic E-state index is 0.367. The van der Waals surface area contributed by atoms with Gasteiger partial charge in [-0.2, -0.15) is 0 Å². The van der Waals surface area contributed by atoms with Crippen LogP contribution >= 0.6 is 0 Å². The highest BCUT2D eigenvalue weighted by Gasteiger charge is 2.34. The Balaban J connectivity index is 2.12. The minimum atomic E-state index is 0.367. The summed E-state index contributed by atoms with van der Waals surface area (Å²) >= 11 is 0. The van der Waals surface area contributed by atoms with E-state index in [-0.39, 0.29) is 0 Å². The molecule has 0 amide bonds. The topological polar surface area (TPSA) is 38.0 Å². The smallest absolute Gasteiger partial charge is 0.00585 e. The molecule has 2 heteroatoms. The number of allylic oxidation sites excluding steroid dienone is 1. The summed E-state index contributed by atoms with van der Waals surface area (Å²) in [5.41, 5.74) is 8.04. The monoisotopic (exact) mass is 194 g/mol. The van der Waals surface area contributed by atoms with Crippen LogP contribution in [0.15, 0.2) is 11.6 Å². The van der Waals surface area contributed by atoms with Gasteiger partial charge in [-0.1, -0.05) is 11.6 Å². The lowest BCUT2D eigenvalue weighted by molar-refractivity contribution is 0.251. The Morgan fingerprint density at radius 1 is 1.29 bits per heavy atom. The fourth-order valence-electron chi connectivity index (χ4n) is 2.88. The van der Waals surface area contributed by atoms with Gasteiger partial charge in [0.05, 0.1) is 0 Å². The number of hydrogen-bond acceptors (Lipinski definition) is 2. The van der Waals surface area contributed by atoms with E-state index in [1.165, 1.54) is 38.5 Å². The van der Waals surface area contributed by atoms with E-state index in [9.17, 15) is 0 Å². The van der Waals surface area contributed by atoms with Gasteiger partial charge in [-0.25, -0.2) is 0 Å². The maximum atomic E-state index is 6.00. The summed E-state index contributed by atoms with van der Waals surface area (Å²) in [7, 11) is 0. The molecular weight excluding hydrogens is 172 g/mol. The Morgan fingerprint density at radius 2 is 2.07 bits per heavy atom. The SMILES string of the molecule is NCC1(C2=CCCCC2)CCNCC1. The molecule has 0 saturated carbocycles. The van der Waals surface area contributed by atoms with Crippen LogP contribution in [0.2, 0.25) is 0 Å². The highest BCUT2D eigenvalue weighted by molar-refractivity contribution is 5.18. The molecule has 80 valence electrons. The van der Waals surface area contributed by atoms with Gasteiger partial charge >= 0.3 is 0 Å². The molecular formula is C12H22N2. The van der Waals surface area contributed by atoms with Crippen LogP contribution in [0.1, 0.15) is 38.5 Å². The van der Waals surface area contributed by atoms with Crippen LogP contribution < -0.4 is 11.1 Å². The Labute approximate surface area is 86.9 Å². The van der Waals surface area contributed by atoms with E-state index in [0.717, 1.165) is 19.6 Å². The zero-order valence-corrected chi connectivity index (χ0v) is 9.02. The van der Waals surface area contributed by atoms with Crippen molar-refractivity contribution in [3.63, 3.8) is 0 Å². The van der Waals surface area contributed by atoms with Gasteiger partial charge in [0.15, 0.2) is 0 Å². The summed E-state index contributed by atoms with van der Waals surface area (Å²) < 4.78 is 0. The highest BCUT2D eigenvalue weighted by Crippen LogP contribution is 2.40. The van der Waals surface area contributed by atoms with E-state index < -0.39 is 0 Å². The number of piperidine rings is 1. The second-order valence-electron chi connectivity index (χ2n) is 4.71. The predicted molar refractivity (Wildman–Crippen MR) is 60.1 cm³/mol. The molecule has 0 atom stereocenters. The number of rotatable bonds is 2. The van der Waals surface area contributed by atoms with Crippen molar-refractivity contribution in [2.24, 2.45) is 11.1 Å². The fraction of sp³-hybridized carbons (Fsp3) is 0.833. The highest BCUT2D eigenvalue weighted by atomic mass is 14.9. The first-order valence-electron chi connectivity index (χ1n) is 5.98. The molecule has 0 spiro atoms. The molecule has 2 nitrogen and oxygen atoms in total. The van der Waals surface area contributed by atoms with Crippen molar-refractivity contribution < 1.29 is 0 Å². The van der Waals surface area contributed by atoms with Crippen molar-refractivity contribution in [2.45, 2.75) is 38.5 Å². The average Bonchev–Trinajstić information content (AvgIpc) is 2.31. The molecule has 1 aliphatic carbocycles. The van der Waals surface area contributed by atoms with Gasteiger partial charge in [-0.05, 0) is 51.6 Å². The first kappa shape index (κ1) is 10.2. The van der Waals surface area contributed by atoms with Crippen molar-refractivity contribution in [2.75, 3.05) is 19.6 Å². The fourth-order valence-corrected chi connectivity index (χ4v) is 2.88. The van der Waals surface area contributed by atoms with Crippen LogP contribution in [0.4, 0.5) is 0 Å². The van der Waals surface area contributed by atoms with E-state index in [4.69, 9.17) is 5.73 Å². The lowest BCUT2D eigenvalue weighted by atomic mass is 9.69. The predicted octanol–water partition coefficient (Wildman–Crippen LogP) is 1.82. The van der Waals surface area contributed by atoms with Gasteiger partial charge in [-0.15, -0.1) is 0 Å². The quantitative estimate of drug-likeness (QED) is 0.658. The molecule has 0 bridgehead atoms. The van der Waals surface area contributed by atoms with Gasteiger partial charge in [0.25, 0.3) is 0 Å². The molecule has 2 aliphatic rings. The summed E-state index contributed by atoms with van der Waals surface area (Å²) in [5.74, 6) is 0. The maximum Gasteiger partial charge on any atom is 0.00585 e. The third-order valence-corrected chi connectivity index (χ3v) is 3.92.